The van der Waals surface area contributed by atoms with Gasteiger partial charge in [-0.3, -0.25) is 4.90 Å². The van der Waals surface area contributed by atoms with Gasteiger partial charge >= 0.3 is 0 Å². The molecule has 1 aliphatic heterocycles. The fourth-order valence-corrected chi connectivity index (χ4v) is 2.70. The van der Waals surface area contributed by atoms with Crippen LogP contribution in [0, 0.1) is 5.82 Å². The van der Waals surface area contributed by atoms with E-state index in [4.69, 9.17) is 17.3 Å². The van der Waals surface area contributed by atoms with E-state index in [1.165, 1.54) is 12.4 Å². The maximum absolute atomic E-state index is 13.8. The van der Waals surface area contributed by atoms with Gasteiger partial charge in [0.25, 0.3) is 0 Å². The number of hydrogen-bond donors (Lipinski definition) is 1. The number of aromatic nitrogens is 2. The molecule has 0 saturated carbocycles. The molecule has 2 aromatic rings. The summed E-state index contributed by atoms with van der Waals surface area (Å²) >= 11 is 6.06. The highest BCUT2D eigenvalue weighted by Gasteiger charge is 2.21. The largest absolute Gasteiger partial charge is 0.383 e. The van der Waals surface area contributed by atoms with E-state index in [9.17, 15) is 4.39 Å². The van der Waals surface area contributed by atoms with Crippen LogP contribution in [-0.4, -0.2) is 21.4 Å². The van der Waals surface area contributed by atoms with Gasteiger partial charge in [-0.2, -0.15) is 0 Å². The molecule has 3 rings (SSSR count). The van der Waals surface area contributed by atoms with Crippen molar-refractivity contribution in [2.24, 2.45) is 0 Å². The van der Waals surface area contributed by atoms with Crippen molar-refractivity contribution in [2.45, 2.75) is 19.5 Å². The normalized spacial score (nSPS) is 15.1. The van der Waals surface area contributed by atoms with Gasteiger partial charge in [0.2, 0.25) is 0 Å². The van der Waals surface area contributed by atoms with Gasteiger partial charge in [0.15, 0.2) is 0 Å². The minimum absolute atomic E-state index is 0.273. The Hall–Kier alpha value is -1.72. The average molecular weight is 293 g/mol. The SMILES string of the molecule is Nc1ncnc2c1CCN(Cc1c(F)cccc1Cl)C2. The second-order valence-corrected chi connectivity index (χ2v) is 5.25. The van der Waals surface area contributed by atoms with E-state index in [1.54, 1.807) is 12.1 Å². The Morgan fingerprint density at radius 2 is 2.20 bits per heavy atom. The van der Waals surface area contributed by atoms with E-state index in [1.807, 2.05) is 0 Å². The highest BCUT2D eigenvalue weighted by Crippen LogP contribution is 2.25. The van der Waals surface area contributed by atoms with Crippen LogP contribution in [0.15, 0.2) is 24.5 Å². The zero-order valence-corrected chi connectivity index (χ0v) is 11.6. The molecule has 0 amide bonds. The van der Waals surface area contributed by atoms with Crippen molar-refractivity contribution < 1.29 is 4.39 Å². The Bertz CT molecular complexity index is 627. The van der Waals surface area contributed by atoms with Crippen molar-refractivity contribution in [3.8, 4) is 0 Å². The number of anilines is 1. The molecule has 0 atom stereocenters. The van der Waals surface area contributed by atoms with Gasteiger partial charge in [0.1, 0.15) is 18.0 Å². The molecule has 0 saturated heterocycles. The van der Waals surface area contributed by atoms with Gasteiger partial charge in [0, 0.05) is 35.8 Å². The van der Waals surface area contributed by atoms with Crippen molar-refractivity contribution in [2.75, 3.05) is 12.3 Å². The second-order valence-electron chi connectivity index (χ2n) is 4.85. The summed E-state index contributed by atoms with van der Waals surface area (Å²) in [6.07, 6.45) is 2.24. The van der Waals surface area contributed by atoms with E-state index in [0.717, 1.165) is 24.2 Å². The third kappa shape index (κ3) is 2.46. The summed E-state index contributed by atoms with van der Waals surface area (Å²) in [6, 6.07) is 4.75. The first-order valence-corrected chi connectivity index (χ1v) is 6.76. The highest BCUT2D eigenvalue weighted by molar-refractivity contribution is 6.31. The molecule has 2 heterocycles. The Labute approximate surface area is 121 Å². The predicted molar refractivity (Wildman–Crippen MR) is 75.7 cm³/mol. The zero-order chi connectivity index (χ0) is 14.1. The molecule has 2 N–H and O–H groups in total. The van der Waals surface area contributed by atoms with Crippen molar-refractivity contribution in [1.29, 1.82) is 0 Å². The number of halogens is 2. The quantitative estimate of drug-likeness (QED) is 0.923. The smallest absolute Gasteiger partial charge is 0.130 e. The lowest BCUT2D eigenvalue weighted by Crippen LogP contribution is -2.32. The average Bonchev–Trinajstić information content (AvgIpc) is 2.43. The molecule has 0 bridgehead atoms. The molecular weight excluding hydrogens is 279 g/mol. The number of nitrogens with two attached hydrogens (primary N) is 1. The van der Waals surface area contributed by atoms with Gasteiger partial charge in [-0.15, -0.1) is 0 Å². The number of nitrogen functional groups attached to an aromatic ring is 1. The predicted octanol–water partition coefficient (Wildman–Crippen LogP) is 2.41. The molecule has 1 aromatic heterocycles. The van der Waals surface area contributed by atoms with Crippen LogP contribution >= 0.6 is 11.6 Å². The van der Waals surface area contributed by atoms with Crippen LogP contribution in [0.3, 0.4) is 0 Å². The van der Waals surface area contributed by atoms with E-state index >= 15 is 0 Å². The summed E-state index contributed by atoms with van der Waals surface area (Å²) in [4.78, 5) is 10.4. The van der Waals surface area contributed by atoms with Crippen LogP contribution in [0.2, 0.25) is 5.02 Å². The molecule has 4 nitrogen and oxygen atoms in total. The molecular formula is C14H14ClFN4. The Kier molecular flexibility index (Phi) is 3.54. The summed E-state index contributed by atoms with van der Waals surface area (Å²) in [6.45, 7) is 1.89. The first-order chi connectivity index (χ1) is 9.65. The van der Waals surface area contributed by atoms with E-state index < -0.39 is 0 Å². The molecule has 0 fully saturated rings. The lowest BCUT2D eigenvalue weighted by molar-refractivity contribution is 0.238. The summed E-state index contributed by atoms with van der Waals surface area (Å²) in [5, 5.41) is 0.456. The van der Waals surface area contributed by atoms with Gasteiger partial charge in [-0.1, -0.05) is 17.7 Å². The maximum Gasteiger partial charge on any atom is 0.130 e. The summed E-state index contributed by atoms with van der Waals surface area (Å²) in [5.74, 6) is 0.268. The number of nitrogens with zero attached hydrogens (tertiary/aromatic N) is 3. The van der Waals surface area contributed by atoms with Crippen molar-refractivity contribution in [3.05, 3.63) is 52.2 Å². The lowest BCUT2D eigenvalue weighted by Gasteiger charge is -2.28. The molecule has 0 radical (unpaired) electrons. The first-order valence-electron chi connectivity index (χ1n) is 6.38. The zero-order valence-electron chi connectivity index (χ0n) is 10.8. The molecule has 104 valence electrons. The first kappa shape index (κ1) is 13.3. The molecule has 0 aliphatic carbocycles. The summed E-state index contributed by atoms with van der Waals surface area (Å²) in [5.41, 5.74) is 8.28. The van der Waals surface area contributed by atoms with E-state index in [0.29, 0.717) is 29.5 Å². The fraction of sp³-hybridized carbons (Fsp3) is 0.286. The minimum atomic E-state index is -0.273. The van der Waals surface area contributed by atoms with E-state index in [-0.39, 0.29) is 5.82 Å². The van der Waals surface area contributed by atoms with Crippen LogP contribution < -0.4 is 5.73 Å². The lowest BCUT2D eigenvalue weighted by atomic mass is 10.0. The Morgan fingerprint density at radius 1 is 1.35 bits per heavy atom. The third-order valence-corrected chi connectivity index (χ3v) is 3.92. The fourth-order valence-electron chi connectivity index (χ4n) is 2.48. The van der Waals surface area contributed by atoms with Crippen LogP contribution in [0.25, 0.3) is 0 Å². The third-order valence-electron chi connectivity index (χ3n) is 3.56. The van der Waals surface area contributed by atoms with Crippen molar-refractivity contribution in [3.63, 3.8) is 0 Å². The second kappa shape index (κ2) is 5.34. The van der Waals surface area contributed by atoms with Gasteiger partial charge in [0.05, 0.1) is 5.69 Å². The maximum atomic E-state index is 13.8. The van der Waals surface area contributed by atoms with Gasteiger partial charge in [-0.05, 0) is 18.6 Å². The van der Waals surface area contributed by atoms with Crippen LogP contribution in [0.1, 0.15) is 16.8 Å². The Morgan fingerprint density at radius 3 is 3.00 bits per heavy atom. The van der Waals surface area contributed by atoms with Crippen LogP contribution in [0.5, 0.6) is 0 Å². The number of benzene rings is 1. The molecule has 0 unspecified atom stereocenters. The molecule has 20 heavy (non-hydrogen) atoms. The number of rotatable bonds is 2. The topological polar surface area (TPSA) is 55.0 Å². The Balaban J connectivity index is 1.81. The van der Waals surface area contributed by atoms with Crippen LogP contribution in [0.4, 0.5) is 10.2 Å². The number of hydrogen-bond acceptors (Lipinski definition) is 4. The van der Waals surface area contributed by atoms with E-state index in [2.05, 4.69) is 14.9 Å². The molecule has 1 aliphatic rings. The molecule has 0 spiro atoms. The molecule has 6 heteroatoms. The minimum Gasteiger partial charge on any atom is -0.383 e. The van der Waals surface area contributed by atoms with Crippen molar-refractivity contribution in [1.82, 2.24) is 14.9 Å². The summed E-state index contributed by atoms with van der Waals surface area (Å²) in [7, 11) is 0. The monoisotopic (exact) mass is 292 g/mol. The highest BCUT2D eigenvalue weighted by atomic mass is 35.5. The molecule has 1 aromatic carbocycles. The standard InChI is InChI=1S/C14H14ClFN4/c15-11-2-1-3-12(16)10(11)6-20-5-4-9-13(7-20)18-8-19-14(9)17/h1-3,8H,4-7H2,(H2,17,18,19). The van der Waals surface area contributed by atoms with Crippen LogP contribution in [-0.2, 0) is 19.5 Å². The summed E-state index contributed by atoms with van der Waals surface area (Å²) < 4.78 is 13.8. The van der Waals surface area contributed by atoms with Crippen molar-refractivity contribution >= 4 is 17.4 Å². The van der Waals surface area contributed by atoms with Gasteiger partial charge in [-0.25, -0.2) is 14.4 Å². The number of fused-ring (bicyclic) bond motifs is 1. The van der Waals surface area contributed by atoms with Gasteiger partial charge < -0.3 is 5.73 Å².